The molecule has 1 aliphatic carbocycles. The van der Waals surface area contributed by atoms with Gasteiger partial charge in [0.15, 0.2) is 0 Å². The fourth-order valence-electron chi connectivity index (χ4n) is 3.99. The summed E-state index contributed by atoms with van der Waals surface area (Å²) < 4.78 is 11.3. The second-order valence-corrected chi connectivity index (χ2v) is 6.76. The monoisotopic (exact) mass is 305 g/mol. The number of hydrogen-bond acceptors (Lipinski definition) is 5. The van der Waals surface area contributed by atoms with Gasteiger partial charge in [-0.05, 0) is 58.0 Å². The first-order valence-corrected chi connectivity index (χ1v) is 8.39. The zero-order valence-electron chi connectivity index (χ0n) is 12.8. The van der Waals surface area contributed by atoms with Crippen molar-refractivity contribution in [3.63, 3.8) is 0 Å². The number of fused-ring (bicyclic) bond motifs is 1. The maximum Gasteiger partial charge on any atom is 0.290 e. The number of piperidine rings is 1. The van der Waals surface area contributed by atoms with Crippen molar-refractivity contribution >= 4 is 5.91 Å². The summed E-state index contributed by atoms with van der Waals surface area (Å²) in [6.07, 6.45) is 7.02. The van der Waals surface area contributed by atoms with Gasteiger partial charge < -0.3 is 19.9 Å². The summed E-state index contributed by atoms with van der Waals surface area (Å²) in [5.41, 5.74) is 1.94. The standard InChI is InChI=1S/C16H23N3O3/c20-15(14-12-3-1-2-4-13(12)19-22-14)18-11-9-16(21-10-11)5-7-17-8-6-16/h11,17H,1-10H2,(H,18,20)/t11-/m0/s1. The van der Waals surface area contributed by atoms with Crippen LogP contribution in [-0.4, -0.2) is 42.4 Å². The minimum atomic E-state index is -0.129. The summed E-state index contributed by atoms with van der Waals surface area (Å²) in [6.45, 7) is 2.59. The average molecular weight is 305 g/mol. The molecule has 22 heavy (non-hydrogen) atoms. The molecule has 0 radical (unpaired) electrons. The number of aryl methyl sites for hydroxylation is 1. The van der Waals surface area contributed by atoms with Gasteiger partial charge in [-0.1, -0.05) is 5.16 Å². The number of nitrogens with zero attached hydrogens (tertiary/aromatic N) is 1. The molecule has 0 saturated carbocycles. The molecule has 1 aromatic rings. The molecule has 3 heterocycles. The largest absolute Gasteiger partial charge is 0.373 e. The Bertz CT molecular complexity index is 563. The molecule has 120 valence electrons. The first-order chi connectivity index (χ1) is 10.8. The highest BCUT2D eigenvalue weighted by atomic mass is 16.5. The smallest absolute Gasteiger partial charge is 0.290 e. The summed E-state index contributed by atoms with van der Waals surface area (Å²) in [5, 5.41) is 10.5. The first-order valence-electron chi connectivity index (χ1n) is 8.39. The van der Waals surface area contributed by atoms with E-state index in [-0.39, 0.29) is 17.6 Å². The molecule has 2 saturated heterocycles. The van der Waals surface area contributed by atoms with Gasteiger partial charge in [0.05, 0.1) is 23.9 Å². The van der Waals surface area contributed by atoms with E-state index in [2.05, 4.69) is 15.8 Å². The van der Waals surface area contributed by atoms with E-state index in [1.165, 1.54) is 0 Å². The Labute approximate surface area is 129 Å². The molecular formula is C16H23N3O3. The second-order valence-electron chi connectivity index (χ2n) is 6.76. The van der Waals surface area contributed by atoms with E-state index in [0.29, 0.717) is 12.4 Å². The van der Waals surface area contributed by atoms with E-state index in [1.807, 2.05) is 0 Å². The van der Waals surface area contributed by atoms with Crippen molar-refractivity contribution in [2.45, 2.75) is 56.6 Å². The maximum atomic E-state index is 12.5. The number of nitrogens with one attached hydrogen (secondary N) is 2. The fraction of sp³-hybridized carbons (Fsp3) is 0.750. The van der Waals surface area contributed by atoms with E-state index in [1.54, 1.807) is 0 Å². The van der Waals surface area contributed by atoms with E-state index < -0.39 is 0 Å². The number of carbonyl (C=O) groups excluding carboxylic acids is 1. The lowest BCUT2D eigenvalue weighted by Crippen LogP contribution is -2.43. The van der Waals surface area contributed by atoms with Crippen LogP contribution in [0.3, 0.4) is 0 Å². The number of hydrogen-bond donors (Lipinski definition) is 2. The number of amides is 1. The lowest BCUT2D eigenvalue weighted by atomic mass is 9.88. The van der Waals surface area contributed by atoms with Crippen LogP contribution in [0.1, 0.15) is 53.9 Å². The first kappa shape index (κ1) is 14.2. The second kappa shape index (κ2) is 5.66. The molecule has 0 unspecified atom stereocenters. The Balaban J connectivity index is 1.41. The molecule has 1 atom stereocenters. The Hall–Kier alpha value is -1.40. The minimum Gasteiger partial charge on any atom is -0.373 e. The highest BCUT2D eigenvalue weighted by Gasteiger charge is 2.42. The predicted octanol–water partition coefficient (Wildman–Crippen LogP) is 1.19. The lowest BCUT2D eigenvalue weighted by Gasteiger charge is -2.32. The summed E-state index contributed by atoms with van der Waals surface area (Å²) in [5.74, 6) is 0.288. The van der Waals surface area contributed by atoms with Crippen molar-refractivity contribution in [1.82, 2.24) is 15.8 Å². The normalized spacial score (nSPS) is 26.8. The van der Waals surface area contributed by atoms with Crippen LogP contribution in [0, 0.1) is 0 Å². The molecule has 2 N–H and O–H groups in total. The van der Waals surface area contributed by atoms with Gasteiger partial charge in [-0.3, -0.25) is 4.79 Å². The third-order valence-electron chi connectivity index (χ3n) is 5.23. The molecule has 1 spiro atoms. The van der Waals surface area contributed by atoms with Crippen LogP contribution in [0.5, 0.6) is 0 Å². The van der Waals surface area contributed by atoms with Gasteiger partial charge in [-0.2, -0.15) is 0 Å². The van der Waals surface area contributed by atoms with Crippen LogP contribution in [0.4, 0.5) is 0 Å². The van der Waals surface area contributed by atoms with E-state index >= 15 is 0 Å². The van der Waals surface area contributed by atoms with Crippen LogP contribution >= 0.6 is 0 Å². The molecule has 4 rings (SSSR count). The van der Waals surface area contributed by atoms with Gasteiger partial charge in [-0.15, -0.1) is 0 Å². The summed E-state index contributed by atoms with van der Waals surface area (Å²) in [6, 6.07) is 0.0786. The minimum absolute atomic E-state index is 0.0377. The number of ether oxygens (including phenoxy) is 1. The highest BCUT2D eigenvalue weighted by molar-refractivity contribution is 5.93. The van der Waals surface area contributed by atoms with Gasteiger partial charge >= 0.3 is 0 Å². The van der Waals surface area contributed by atoms with Crippen molar-refractivity contribution in [2.75, 3.05) is 19.7 Å². The van der Waals surface area contributed by atoms with E-state index in [9.17, 15) is 4.79 Å². The van der Waals surface area contributed by atoms with Crippen molar-refractivity contribution in [3.05, 3.63) is 17.0 Å². The predicted molar refractivity (Wildman–Crippen MR) is 79.8 cm³/mol. The highest BCUT2D eigenvalue weighted by Crippen LogP contribution is 2.34. The number of rotatable bonds is 2. The molecule has 1 amide bonds. The summed E-state index contributed by atoms with van der Waals surface area (Å²) in [7, 11) is 0. The van der Waals surface area contributed by atoms with Gasteiger partial charge in [-0.25, -0.2) is 0 Å². The van der Waals surface area contributed by atoms with Gasteiger partial charge in [0.1, 0.15) is 0 Å². The quantitative estimate of drug-likeness (QED) is 0.858. The van der Waals surface area contributed by atoms with Crippen molar-refractivity contribution in [3.8, 4) is 0 Å². The molecule has 6 nitrogen and oxygen atoms in total. The molecule has 2 aliphatic heterocycles. The molecule has 2 fully saturated rings. The fourth-order valence-corrected chi connectivity index (χ4v) is 3.99. The molecule has 3 aliphatic rings. The molecule has 0 aromatic carbocycles. The van der Waals surface area contributed by atoms with Crippen LogP contribution in [-0.2, 0) is 17.6 Å². The SMILES string of the molecule is O=C(N[C@@H]1COC2(CCNCC2)C1)c1onc2c1CCCC2. The molecule has 1 aromatic heterocycles. The van der Waals surface area contributed by atoms with Crippen LogP contribution in [0.2, 0.25) is 0 Å². The van der Waals surface area contributed by atoms with Crippen LogP contribution in [0.15, 0.2) is 4.52 Å². The van der Waals surface area contributed by atoms with E-state index in [0.717, 1.165) is 69.3 Å². The topological polar surface area (TPSA) is 76.4 Å². The third kappa shape index (κ3) is 2.54. The lowest BCUT2D eigenvalue weighted by molar-refractivity contribution is -0.0194. The molecular weight excluding hydrogens is 282 g/mol. The van der Waals surface area contributed by atoms with Gasteiger partial charge in [0.25, 0.3) is 5.91 Å². The number of aromatic nitrogens is 1. The number of carbonyl (C=O) groups is 1. The van der Waals surface area contributed by atoms with Crippen molar-refractivity contribution in [1.29, 1.82) is 0 Å². The Kier molecular flexibility index (Phi) is 3.66. The summed E-state index contributed by atoms with van der Waals surface area (Å²) >= 11 is 0. The summed E-state index contributed by atoms with van der Waals surface area (Å²) in [4.78, 5) is 12.5. The molecule has 6 heteroatoms. The van der Waals surface area contributed by atoms with Crippen LogP contribution < -0.4 is 10.6 Å². The van der Waals surface area contributed by atoms with Crippen molar-refractivity contribution < 1.29 is 14.1 Å². The molecule has 0 bridgehead atoms. The third-order valence-corrected chi connectivity index (χ3v) is 5.23. The Morgan fingerprint density at radius 1 is 1.27 bits per heavy atom. The van der Waals surface area contributed by atoms with Gasteiger partial charge in [0, 0.05) is 5.56 Å². The maximum absolute atomic E-state index is 12.5. The Morgan fingerprint density at radius 2 is 2.09 bits per heavy atom. The zero-order valence-corrected chi connectivity index (χ0v) is 12.8. The van der Waals surface area contributed by atoms with Gasteiger partial charge in [0.2, 0.25) is 5.76 Å². The van der Waals surface area contributed by atoms with Crippen LogP contribution in [0.25, 0.3) is 0 Å². The zero-order chi connectivity index (χ0) is 15.0. The van der Waals surface area contributed by atoms with E-state index in [4.69, 9.17) is 9.26 Å². The van der Waals surface area contributed by atoms with Crippen molar-refractivity contribution in [2.24, 2.45) is 0 Å². The Morgan fingerprint density at radius 3 is 2.95 bits per heavy atom. The average Bonchev–Trinajstić information content (AvgIpc) is 3.13.